The minimum absolute atomic E-state index is 0.165. The molecule has 8 heteroatoms. The number of thiocarbonyl (C=S) groups is 1. The van der Waals surface area contributed by atoms with Crippen molar-refractivity contribution in [2.24, 2.45) is 0 Å². The number of para-hydroxylation sites is 1. The SMILES string of the molecule is CCOc1cc(/C=C2\SC(=S)N(c3ccccc3)C2=O)ccc1OCC(=O)Nc1cc(C)cc(C)c1. The highest BCUT2D eigenvalue weighted by Crippen LogP contribution is 2.37. The van der Waals surface area contributed by atoms with Crippen molar-refractivity contribution in [3.63, 3.8) is 0 Å². The number of carbonyl (C=O) groups excluding carboxylic acids is 2. The van der Waals surface area contributed by atoms with Crippen LogP contribution in [0.2, 0.25) is 0 Å². The van der Waals surface area contributed by atoms with Gasteiger partial charge in [-0.25, -0.2) is 0 Å². The van der Waals surface area contributed by atoms with Gasteiger partial charge in [0.1, 0.15) is 0 Å². The third-order valence-corrected chi connectivity index (χ3v) is 6.54. The third kappa shape index (κ3) is 6.13. The van der Waals surface area contributed by atoms with Crippen LogP contribution in [-0.2, 0) is 9.59 Å². The first kappa shape index (κ1) is 25.5. The first-order valence-corrected chi connectivity index (χ1v) is 12.7. The molecule has 2 amide bonds. The summed E-state index contributed by atoms with van der Waals surface area (Å²) in [6.45, 7) is 6.09. The molecule has 36 heavy (non-hydrogen) atoms. The molecule has 0 bridgehead atoms. The summed E-state index contributed by atoms with van der Waals surface area (Å²) in [4.78, 5) is 27.5. The van der Waals surface area contributed by atoms with Crippen molar-refractivity contribution in [3.8, 4) is 11.5 Å². The van der Waals surface area contributed by atoms with Gasteiger partial charge in [-0.1, -0.05) is 54.3 Å². The Hall–Kier alpha value is -3.62. The maximum atomic E-state index is 13.0. The van der Waals surface area contributed by atoms with Crippen LogP contribution in [0.15, 0.2) is 71.6 Å². The van der Waals surface area contributed by atoms with Crippen molar-refractivity contribution in [1.29, 1.82) is 0 Å². The fraction of sp³-hybridized carbons (Fsp3) is 0.179. The van der Waals surface area contributed by atoms with Gasteiger partial charge in [0, 0.05) is 5.69 Å². The highest BCUT2D eigenvalue weighted by Gasteiger charge is 2.33. The molecule has 1 saturated heterocycles. The van der Waals surface area contributed by atoms with Crippen molar-refractivity contribution in [1.82, 2.24) is 0 Å². The van der Waals surface area contributed by atoms with Gasteiger partial charge < -0.3 is 14.8 Å². The zero-order chi connectivity index (χ0) is 25.7. The number of ether oxygens (including phenoxy) is 2. The summed E-state index contributed by atoms with van der Waals surface area (Å²) in [6.07, 6.45) is 1.78. The minimum atomic E-state index is -0.267. The zero-order valence-electron chi connectivity index (χ0n) is 20.2. The van der Waals surface area contributed by atoms with E-state index in [4.69, 9.17) is 21.7 Å². The molecule has 3 aromatic carbocycles. The number of nitrogens with zero attached hydrogens (tertiary/aromatic N) is 1. The van der Waals surface area contributed by atoms with Gasteiger partial charge in [-0.2, -0.15) is 0 Å². The number of rotatable bonds is 8. The molecule has 0 aromatic heterocycles. The summed E-state index contributed by atoms with van der Waals surface area (Å²) in [6, 6.07) is 20.5. The number of anilines is 2. The van der Waals surface area contributed by atoms with E-state index in [0.717, 1.165) is 28.1 Å². The Morgan fingerprint density at radius 2 is 1.72 bits per heavy atom. The molecule has 0 atom stereocenters. The van der Waals surface area contributed by atoms with Gasteiger partial charge in [0.05, 0.1) is 17.2 Å². The quantitative estimate of drug-likeness (QED) is 0.286. The van der Waals surface area contributed by atoms with Crippen LogP contribution < -0.4 is 19.7 Å². The Balaban J connectivity index is 1.47. The lowest BCUT2D eigenvalue weighted by Crippen LogP contribution is -2.27. The molecule has 0 aliphatic carbocycles. The second kappa shape index (κ2) is 11.4. The molecule has 1 fully saturated rings. The average molecular weight is 519 g/mol. The van der Waals surface area contributed by atoms with Crippen molar-refractivity contribution in [3.05, 3.63) is 88.3 Å². The molecule has 6 nitrogen and oxygen atoms in total. The number of carbonyl (C=O) groups is 2. The van der Waals surface area contributed by atoms with Crippen molar-refractivity contribution >= 4 is 57.6 Å². The van der Waals surface area contributed by atoms with Crippen LogP contribution in [0, 0.1) is 13.8 Å². The van der Waals surface area contributed by atoms with E-state index < -0.39 is 0 Å². The normalized spacial score (nSPS) is 14.3. The smallest absolute Gasteiger partial charge is 0.270 e. The fourth-order valence-corrected chi connectivity index (χ4v) is 5.11. The van der Waals surface area contributed by atoms with E-state index in [9.17, 15) is 9.59 Å². The van der Waals surface area contributed by atoms with Crippen LogP contribution in [0.1, 0.15) is 23.6 Å². The Morgan fingerprint density at radius 3 is 2.42 bits per heavy atom. The summed E-state index contributed by atoms with van der Waals surface area (Å²) in [5.74, 6) is 0.499. The first-order valence-electron chi connectivity index (χ1n) is 11.4. The number of benzene rings is 3. The fourth-order valence-electron chi connectivity index (χ4n) is 3.81. The number of hydrogen-bond donors (Lipinski definition) is 1. The summed E-state index contributed by atoms with van der Waals surface area (Å²) >= 11 is 6.70. The molecule has 1 N–H and O–H groups in total. The topological polar surface area (TPSA) is 67.9 Å². The van der Waals surface area contributed by atoms with E-state index in [2.05, 4.69) is 5.32 Å². The molecule has 0 saturated carbocycles. The summed E-state index contributed by atoms with van der Waals surface area (Å²) < 4.78 is 12.0. The number of aryl methyl sites for hydroxylation is 2. The zero-order valence-corrected chi connectivity index (χ0v) is 21.9. The standard InChI is InChI=1S/C28H26N2O4S2/c1-4-33-24-15-20(16-25-27(32)30(28(35)36-25)22-8-6-5-7-9-22)10-11-23(24)34-17-26(31)29-21-13-18(2)12-19(3)14-21/h5-16H,4,17H2,1-3H3,(H,29,31)/b25-16-. The molecule has 4 rings (SSSR count). The number of thioether (sulfide) groups is 1. The van der Waals surface area contributed by atoms with E-state index >= 15 is 0 Å². The molecule has 0 spiro atoms. The average Bonchev–Trinajstić information content (AvgIpc) is 3.11. The lowest BCUT2D eigenvalue weighted by atomic mass is 10.1. The molecule has 184 valence electrons. The summed E-state index contributed by atoms with van der Waals surface area (Å²) in [5, 5.41) is 2.86. The van der Waals surface area contributed by atoms with Gasteiger partial charge in [-0.15, -0.1) is 0 Å². The van der Waals surface area contributed by atoms with Crippen molar-refractivity contribution < 1.29 is 19.1 Å². The van der Waals surface area contributed by atoms with Gasteiger partial charge in [0.25, 0.3) is 11.8 Å². The molecule has 3 aromatic rings. The number of amides is 2. The second-order valence-electron chi connectivity index (χ2n) is 8.21. The molecular weight excluding hydrogens is 492 g/mol. The van der Waals surface area contributed by atoms with E-state index in [1.165, 1.54) is 16.7 Å². The van der Waals surface area contributed by atoms with Crippen LogP contribution in [0.4, 0.5) is 11.4 Å². The maximum Gasteiger partial charge on any atom is 0.270 e. The van der Waals surface area contributed by atoms with E-state index in [1.54, 1.807) is 18.2 Å². The van der Waals surface area contributed by atoms with E-state index in [1.807, 2.05) is 75.4 Å². The van der Waals surface area contributed by atoms with E-state index in [0.29, 0.717) is 27.3 Å². The largest absolute Gasteiger partial charge is 0.490 e. The van der Waals surface area contributed by atoms with Crippen molar-refractivity contribution in [2.75, 3.05) is 23.4 Å². The van der Waals surface area contributed by atoms with Gasteiger partial charge in [0.15, 0.2) is 22.4 Å². The monoisotopic (exact) mass is 518 g/mol. The second-order valence-corrected chi connectivity index (χ2v) is 9.88. The van der Waals surface area contributed by atoms with Crippen LogP contribution in [0.5, 0.6) is 11.5 Å². The summed E-state index contributed by atoms with van der Waals surface area (Å²) in [7, 11) is 0. The molecule has 0 unspecified atom stereocenters. The van der Waals surface area contributed by atoms with Gasteiger partial charge in [-0.3, -0.25) is 14.5 Å². The van der Waals surface area contributed by atoms with Crippen LogP contribution in [0.3, 0.4) is 0 Å². The molecular formula is C28H26N2O4S2. The Kier molecular flexibility index (Phi) is 8.07. The molecule has 1 heterocycles. The van der Waals surface area contributed by atoms with Crippen LogP contribution >= 0.6 is 24.0 Å². The lowest BCUT2D eigenvalue weighted by Gasteiger charge is -2.14. The number of hydrogen-bond acceptors (Lipinski definition) is 6. The maximum absolute atomic E-state index is 13.0. The lowest BCUT2D eigenvalue weighted by molar-refractivity contribution is -0.118. The Bertz CT molecular complexity index is 1320. The van der Waals surface area contributed by atoms with Crippen LogP contribution in [0.25, 0.3) is 6.08 Å². The summed E-state index contributed by atoms with van der Waals surface area (Å²) in [5.41, 5.74) is 4.37. The minimum Gasteiger partial charge on any atom is -0.490 e. The number of nitrogens with one attached hydrogen (secondary N) is 1. The van der Waals surface area contributed by atoms with E-state index in [-0.39, 0.29) is 18.4 Å². The van der Waals surface area contributed by atoms with Crippen molar-refractivity contribution in [2.45, 2.75) is 20.8 Å². The van der Waals surface area contributed by atoms with Crippen LogP contribution in [-0.4, -0.2) is 29.3 Å². The van der Waals surface area contributed by atoms with Gasteiger partial charge in [0.2, 0.25) is 0 Å². The highest BCUT2D eigenvalue weighted by molar-refractivity contribution is 8.27. The Morgan fingerprint density at radius 1 is 1.00 bits per heavy atom. The molecule has 0 radical (unpaired) electrons. The Labute approximate surface area is 220 Å². The first-order chi connectivity index (χ1) is 17.3. The van der Waals surface area contributed by atoms with Gasteiger partial charge >= 0.3 is 0 Å². The predicted octanol–water partition coefficient (Wildman–Crippen LogP) is 6.13. The predicted molar refractivity (Wildman–Crippen MR) is 150 cm³/mol. The third-order valence-electron chi connectivity index (χ3n) is 5.24. The van der Waals surface area contributed by atoms with Gasteiger partial charge in [-0.05, 0) is 79.9 Å². The molecule has 1 aliphatic heterocycles. The molecule has 1 aliphatic rings. The highest BCUT2D eigenvalue weighted by atomic mass is 32.2.